The maximum atomic E-state index is 13.3. The zero-order valence-corrected chi connectivity index (χ0v) is 13.8. The Morgan fingerprint density at radius 2 is 1.77 bits per heavy atom. The van der Waals surface area contributed by atoms with Gasteiger partial charge in [-0.15, -0.1) is 0 Å². The zero-order valence-electron chi connectivity index (χ0n) is 13.8. The fourth-order valence-electron chi connectivity index (χ4n) is 2.96. The molecule has 0 radical (unpaired) electrons. The molecule has 5 nitrogen and oxygen atoms in total. The van der Waals surface area contributed by atoms with Crippen LogP contribution in [0.1, 0.15) is 34.1 Å². The molecule has 4 rings (SSSR count). The van der Waals surface area contributed by atoms with Gasteiger partial charge in [-0.2, -0.15) is 5.10 Å². The van der Waals surface area contributed by atoms with Crippen LogP contribution < -0.4 is 0 Å². The highest BCUT2D eigenvalue weighted by atomic mass is 19.1. The summed E-state index contributed by atoms with van der Waals surface area (Å²) in [5.74, 6) is -0.544. The number of rotatable bonds is 3. The lowest BCUT2D eigenvalue weighted by Gasteiger charge is -2.22. The fourth-order valence-corrected chi connectivity index (χ4v) is 2.96. The van der Waals surface area contributed by atoms with Gasteiger partial charge in [0, 0.05) is 30.6 Å². The average Bonchev–Trinajstić information content (AvgIpc) is 3.15. The van der Waals surface area contributed by atoms with E-state index >= 15 is 0 Å². The molecule has 1 amide bonds. The van der Waals surface area contributed by atoms with Crippen LogP contribution >= 0.6 is 0 Å². The molecule has 0 bridgehead atoms. The quantitative estimate of drug-likeness (QED) is 0.728. The van der Waals surface area contributed by atoms with Gasteiger partial charge in [-0.05, 0) is 42.0 Å². The molecule has 3 aromatic rings. The Morgan fingerprint density at radius 1 is 1.00 bits per heavy atom. The van der Waals surface area contributed by atoms with Gasteiger partial charge >= 0.3 is 0 Å². The van der Waals surface area contributed by atoms with Crippen LogP contribution in [0.5, 0.6) is 0 Å². The molecule has 1 atom stereocenters. The van der Waals surface area contributed by atoms with Crippen LogP contribution in [0.3, 0.4) is 0 Å². The number of carbonyl (C=O) groups is 1. The lowest BCUT2D eigenvalue weighted by atomic mass is 10.00. The van der Waals surface area contributed by atoms with E-state index in [1.807, 2.05) is 18.2 Å². The summed E-state index contributed by atoms with van der Waals surface area (Å²) in [6, 6.07) is 14.7. The van der Waals surface area contributed by atoms with Gasteiger partial charge in [-0.25, -0.2) is 9.40 Å². The summed E-state index contributed by atoms with van der Waals surface area (Å²) in [4.78, 5) is 21.2. The van der Waals surface area contributed by atoms with Crippen LogP contribution in [-0.4, -0.2) is 26.6 Å². The van der Waals surface area contributed by atoms with Gasteiger partial charge in [0.1, 0.15) is 5.82 Å². The summed E-state index contributed by atoms with van der Waals surface area (Å²) in [7, 11) is 0. The first-order valence-electron chi connectivity index (χ1n) is 8.20. The van der Waals surface area contributed by atoms with E-state index in [0.717, 1.165) is 17.0 Å². The topological polar surface area (TPSA) is 58.5 Å². The molecule has 1 aliphatic heterocycles. The second-order valence-corrected chi connectivity index (χ2v) is 5.92. The van der Waals surface area contributed by atoms with E-state index in [9.17, 15) is 9.18 Å². The Balaban J connectivity index is 1.73. The highest BCUT2D eigenvalue weighted by Crippen LogP contribution is 2.33. The van der Waals surface area contributed by atoms with Gasteiger partial charge in [-0.3, -0.25) is 14.8 Å². The number of pyridine rings is 2. The number of aromatic nitrogens is 2. The summed E-state index contributed by atoms with van der Waals surface area (Å²) in [6.07, 6.45) is 5.34. The predicted molar refractivity (Wildman–Crippen MR) is 94.9 cm³/mol. The van der Waals surface area contributed by atoms with E-state index in [4.69, 9.17) is 0 Å². The maximum absolute atomic E-state index is 13.3. The minimum Gasteiger partial charge on any atom is -0.267 e. The molecule has 2 aromatic heterocycles. The van der Waals surface area contributed by atoms with E-state index in [1.54, 1.807) is 42.9 Å². The van der Waals surface area contributed by atoms with Crippen LogP contribution in [0.4, 0.5) is 4.39 Å². The Labute approximate surface area is 149 Å². The Morgan fingerprint density at radius 3 is 2.46 bits per heavy atom. The van der Waals surface area contributed by atoms with Gasteiger partial charge in [0.05, 0.1) is 17.4 Å². The molecule has 0 N–H and O–H groups in total. The molecule has 0 fully saturated rings. The number of benzene rings is 1. The SMILES string of the molecule is O=C(c1ccncc1)N1N=C(c2ccccn2)CC1c1ccc(F)cc1. The third-order valence-corrected chi connectivity index (χ3v) is 4.26. The number of hydrazone groups is 1. The van der Waals surface area contributed by atoms with E-state index in [2.05, 4.69) is 15.1 Å². The largest absolute Gasteiger partial charge is 0.274 e. The van der Waals surface area contributed by atoms with Crippen LogP contribution in [-0.2, 0) is 0 Å². The van der Waals surface area contributed by atoms with Crippen molar-refractivity contribution in [1.29, 1.82) is 0 Å². The number of nitrogens with zero attached hydrogens (tertiary/aromatic N) is 4. The van der Waals surface area contributed by atoms with Gasteiger partial charge in [0.2, 0.25) is 0 Å². The summed E-state index contributed by atoms with van der Waals surface area (Å²) in [5.41, 5.74) is 2.77. The van der Waals surface area contributed by atoms with Crippen LogP contribution in [0.25, 0.3) is 0 Å². The molecule has 0 saturated carbocycles. The highest BCUT2D eigenvalue weighted by Gasteiger charge is 2.34. The molecular weight excluding hydrogens is 331 g/mol. The zero-order chi connectivity index (χ0) is 17.9. The van der Waals surface area contributed by atoms with Crippen molar-refractivity contribution in [1.82, 2.24) is 15.0 Å². The first-order chi connectivity index (χ1) is 12.7. The van der Waals surface area contributed by atoms with Gasteiger partial charge < -0.3 is 0 Å². The Bertz CT molecular complexity index is 943. The molecule has 6 heteroatoms. The number of amides is 1. The van der Waals surface area contributed by atoms with Crippen molar-refractivity contribution in [3.8, 4) is 0 Å². The van der Waals surface area contributed by atoms with Crippen molar-refractivity contribution in [2.45, 2.75) is 12.5 Å². The van der Waals surface area contributed by atoms with Crippen molar-refractivity contribution in [3.63, 3.8) is 0 Å². The first kappa shape index (κ1) is 16.1. The molecule has 128 valence electrons. The third-order valence-electron chi connectivity index (χ3n) is 4.26. The van der Waals surface area contributed by atoms with Crippen molar-refractivity contribution < 1.29 is 9.18 Å². The molecule has 26 heavy (non-hydrogen) atoms. The molecule has 1 aliphatic rings. The molecule has 1 unspecified atom stereocenters. The molecule has 0 spiro atoms. The van der Waals surface area contributed by atoms with Crippen molar-refractivity contribution in [2.75, 3.05) is 0 Å². The lowest BCUT2D eigenvalue weighted by molar-refractivity contribution is 0.0711. The lowest BCUT2D eigenvalue weighted by Crippen LogP contribution is -2.27. The summed E-state index contributed by atoms with van der Waals surface area (Å²) >= 11 is 0. The van der Waals surface area contributed by atoms with Crippen molar-refractivity contribution in [3.05, 3.63) is 95.8 Å². The smallest absolute Gasteiger partial charge is 0.267 e. The normalized spacial score (nSPS) is 16.4. The average molecular weight is 346 g/mol. The third kappa shape index (κ3) is 3.09. The van der Waals surface area contributed by atoms with E-state index in [1.165, 1.54) is 17.1 Å². The number of hydrogen-bond acceptors (Lipinski definition) is 4. The van der Waals surface area contributed by atoms with Gasteiger partial charge in [0.25, 0.3) is 5.91 Å². The molecule has 0 aliphatic carbocycles. The van der Waals surface area contributed by atoms with Crippen LogP contribution in [0, 0.1) is 5.82 Å². The number of hydrogen-bond donors (Lipinski definition) is 0. The van der Waals surface area contributed by atoms with Crippen molar-refractivity contribution in [2.24, 2.45) is 5.10 Å². The molecule has 1 aromatic carbocycles. The van der Waals surface area contributed by atoms with E-state index in [0.29, 0.717) is 12.0 Å². The second kappa shape index (κ2) is 6.84. The fraction of sp³-hybridized carbons (Fsp3) is 0.100. The van der Waals surface area contributed by atoms with E-state index < -0.39 is 0 Å². The molecule has 0 saturated heterocycles. The molecular formula is C20H15FN4O. The maximum Gasteiger partial charge on any atom is 0.274 e. The number of carbonyl (C=O) groups excluding carboxylic acids is 1. The summed E-state index contributed by atoms with van der Waals surface area (Å²) in [6.45, 7) is 0. The van der Waals surface area contributed by atoms with E-state index in [-0.39, 0.29) is 17.8 Å². The first-order valence-corrected chi connectivity index (χ1v) is 8.20. The van der Waals surface area contributed by atoms with Crippen molar-refractivity contribution >= 4 is 11.6 Å². The molecule has 3 heterocycles. The monoisotopic (exact) mass is 346 g/mol. The summed E-state index contributed by atoms with van der Waals surface area (Å²) in [5, 5.41) is 5.99. The minimum atomic E-state index is -0.315. The van der Waals surface area contributed by atoms with Crippen LogP contribution in [0.15, 0.2) is 78.3 Å². The number of halogens is 1. The highest BCUT2D eigenvalue weighted by molar-refractivity contribution is 6.03. The predicted octanol–water partition coefficient (Wildman–Crippen LogP) is 3.61. The Kier molecular flexibility index (Phi) is 4.23. The standard InChI is InChI=1S/C20H15FN4O/c21-16-6-4-14(5-7-16)19-13-18(17-3-1-2-10-23-17)24-25(19)20(26)15-8-11-22-12-9-15/h1-12,19H,13H2. The minimum absolute atomic E-state index is 0.229. The van der Waals surface area contributed by atoms with Crippen LogP contribution in [0.2, 0.25) is 0 Å². The van der Waals surface area contributed by atoms with Gasteiger partial charge in [-0.1, -0.05) is 18.2 Å². The summed E-state index contributed by atoms with van der Waals surface area (Å²) < 4.78 is 13.3. The Hall–Kier alpha value is -3.41. The second-order valence-electron chi connectivity index (χ2n) is 5.92. The van der Waals surface area contributed by atoms with Gasteiger partial charge in [0.15, 0.2) is 0 Å².